The molecule has 66 heavy (non-hydrogen) atoms. The third-order valence-corrected chi connectivity index (χ3v) is 13.7. The number of carbonyl (C=O) groups is 2. The normalized spacial score (nSPS) is 23.0. The number of rotatable bonds is 29. The Bertz CT molecular complexity index is 1940. The number of ether oxygens (including phenoxy) is 5. The number of oxime groups is 1. The van der Waals surface area contributed by atoms with Gasteiger partial charge in [-0.25, -0.2) is 4.79 Å². The van der Waals surface area contributed by atoms with E-state index in [4.69, 9.17) is 33.7 Å². The number of fused-ring (bicyclic) bond motifs is 3. The summed E-state index contributed by atoms with van der Waals surface area (Å²) in [6.07, 6.45) is 21.1. The summed E-state index contributed by atoms with van der Waals surface area (Å²) in [5, 5.41) is 27.7. The zero-order chi connectivity index (χ0) is 46.7. The summed E-state index contributed by atoms with van der Waals surface area (Å²) in [6.45, 7) is 11.9. The van der Waals surface area contributed by atoms with Crippen LogP contribution in [0.1, 0.15) is 158 Å². The highest BCUT2D eigenvalue weighted by molar-refractivity contribution is 6.03. The fourth-order valence-corrected chi connectivity index (χ4v) is 10.6. The predicted molar refractivity (Wildman–Crippen MR) is 256 cm³/mol. The van der Waals surface area contributed by atoms with Crippen molar-refractivity contribution in [1.82, 2.24) is 10.2 Å². The van der Waals surface area contributed by atoms with E-state index in [0.29, 0.717) is 67.5 Å². The summed E-state index contributed by atoms with van der Waals surface area (Å²) in [4.78, 5) is 36.1. The van der Waals surface area contributed by atoms with E-state index < -0.39 is 23.8 Å². The molecule has 1 fully saturated rings. The van der Waals surface area contributed by atoms with Gasteiger partial charge in [0.1, 0.15) is 24.1 Å². The first kappa shape index (κ1) is 50.8. The molecular weight excluding hydrogens is 839 g/mol. The van der Waals surface area contributed by atoms with E-state index in [-0.39, 0.29) is 56.7 Å². The molecule has 2 aromatic carbocycles. The molecule has 2 aromatic rings. The molecule has 13 heteroatoms. The van der Waals surface area contributed by atoms with Gasteiger partial charge in [0.15, 0.2) is 11.5 Å². The SMILES string of the molecule is C=CCOC12Oc3ccc(OC(=O)NCCCCCCCCCCCC)cc3C3C(CCCCO)C(CCCCO)C=C(C(=NOCC)CC1N(CCC)C(=O)c1ccc4c(c1)OCO4)C32. The molecule has 0 bridgehead atoms. The molecule has 6 rings (SSSR count). The van der Waals surface area contributed by atoms with E-state index in [1.807, 2.05) is 30.9 Å². The average molecular weight is 916 g/mol. The summed E-state index contributed by atoms with van der Waals surface area (Å²) < 4.78 is 31.8. The number of aliphatic hydroxyl groups is 2. The van der Waals surface area contributed by atoms with Gasteiger partial charge < -0.3 is 49.0 Å². The van der Waals surface area contributed by atoms with Gasteiger partial charge >= 0.3 is 6.09 Å². The number of unbranched alkanes of at least 4 members (excludes halogenated alkanes) is 11. The lowest BCUT2D eigenvalue weighted by atomic mass is 9.55. The molecule has 0 saturated heterocycles. The molecule has 4 aliphatic rings. The first-order chi connectivity index (χ1) is 32.3. The fraction of sp³-hybridized carbons (Fsp3) is 0.642. The first-order valence-electron chi connectivity index (χ1n) is 25.2. The Labute approximate surface area is 393 Å². The number of nitrogens with one attached hydrogen (secondary N) is 1. The van der Waals surface area contributed by atoms with Crippen LogP contribution >= 0.6 is 0 Å². The Balaban J connectivity index is 1.38. The lowest BCUT2D eigenvalue weighted by Gasteiger charge is -2.60. The molecule has 2 aliphatic heterocycles. The van der Waals surface area contributed by atoms with Crippen molar-refractivity contribution in [2.24, 2.45) is 22.9 Å². The maximum absolute atomic E-state index is 15.0. The van der Waals surface area contributed by atoms with E-state index >= 15 is 4.79 Å². The number of aliphatic hydroxyl groups excluding tert-OH is 2. The average Bonchev–Trinajstić information content (AvgIpc) is 3.81. The van der Waals surface area contributed by atoms with Crippen molar-refractivity contribution < 1.29 is 48.3 Å². The van der Waals surface area contributed by atoms with Crippen molar-refractivity contribution in [2.45, 2.75) is 154 Å². The van der Waals surface area contributed by atoms with Crippen molar-refractivity contribution in [3.8, 4) is 23.0 Å². The van der Waals surface area contributed by atoms with Gasteiger partial charge in [-0.05, 0) is 99.3 Å². The van der Waals surface area contributed by atoms with Crippen molar-refractivity contribution in [1.29, 1.82) is 0 Å². The Kier molecular flexibility index (Phi) is 20.1. The van der Waals surface area contributed by atoms with E-state index in [0.717, 1.165) is 61.8 Å². The second kappa shape index (κ2) is 26.1. The summed E-state index contributed by atoms with van der Waals surface area (Å²) in [5.74, 6) is -0.182. The Morgan fingerprint density at radius 2 is 1.58 bits per heavy atom. The molecular formula is C53H77N3O10. The van der Waals surface area contributed by atoms with Gasteiger partial charge in [0.05, 0.1) is 18.2 Å². The van der Waals surface area contributed by atoms with Crippen molar-refractivity contribution >= 4 is 17.7 Å². The molecule has 2 aliphatic carbocycles. The Morgan fingerprint density at radius 1 is 0.864 bits per heavy atom. The molecule has 0 radical (unpaired) electrons. The summed E-state index contributed by atoms with van der Waals surface area (Å²) in [5.41, 5.74) is 3.00. The van der Waals surface area contributed by atoms with Gasteiger partial charge in [0.2, 0.25) is 12.6 Å². The zero-order valence-electron chi connectivity index (χ0n) is 39.9. The Morgan fingerprint density at radius 3 is 2.29 bits per heavy atom. The second-order valence-corrected chi connectivity index (χ2v) is 18.3. The molecule has 2 heterocycles. The van der Waals surface area contributed by atoms with Gasteiger partial charge in [-0.2, -0.15) is 0 Å². The number of nitrogens with zero attached hydrogens (tertiary/aromatic N) is 2. The van der Waals surface area contributed by atoms with Crippen molar-refractivity contribution in [3.63, 3.8) is 0 Å². The molecule has 13 nitrogen and oxygen atoms in total. The molecule has 2 amide bonds. The number of hydrogen-bond acceptors (Lipinski definition) is 11. The van der Waals surface area contributed by atoms with E-state index in [1.54, 1.807) is 30.3 Å². The fourth-order valence-electron chi connectivity index (χ4n) is 10.6. The third kappa shape index (κ3) is 12.5. The number of carbonyl (C=O) groups excluding carboxylic acids is 2. The molecule has 6 atom stereocenters. The predicted octanol–water partition coefficient (Wildman–Crippen LogP) is 10.6. The van der Waals surface area contributed by atoms with Crippen LogP contribution in [0.2, 0.25) is 0 Å². The molecule has 0 aromatic heterocycles. The highest BCUT2D eigenvalue weighted by Gasteiger charge is 2.65. The van der Waals surface area contributed by atoms with Crippen LogP contribution in [0, 0.1) is 17.8 Å². The van der Waals surface area contributed by atoms with Crippen LogP contribution in [0.5, 0.6) is 23.0 Å². The minimum atomic E-state index is -1.41. The van der Waals surface area contributed by atoms with Gasteiger partial charge in [-0.1, -0.05) is 102 Å². The summed E-state index contributed by atoms with van der Waals surface area (Å²) in [7, 11) is 0. The largest absolute Gasteiger partial charge is 0.459 e. The highest BCUT2D eigenvalue weighted by Crippen LogP contribution is 2.62. The molecule has 6 unspecified atom stereocenters. The summed E-state index contributed by atoms with van der Waals surface area (Å²) in [6, 6.07) is 10.2. The van der Waals surface area contributed by atoms with Crippen molar-refractivity contribution in [2.75, 3.05) is 46.3 Å². The van der Waals surface area contributed by atoms with Crippen molar-refractivity contribution in [3.05, 3.63) is 71.8 Å². The van der Waals surface area contributed by atoms with Crippen LogP contribution in [-0.4, -0.2) is 91.0 Å². The zero-order valence-corrected chi connectivity index (χ0v) is 39.9. The molecule has 1 saturated carbocycles. The first-order valence-corrected chi connectivity index (χ1v) is 25.2. The van der Waals surface area contributed by atoms with Gasteiger partial charge in [0, 0.05) is 49.8 Å². The maximum atomic E-state index is 15.0. The van der Waals surface area contributed by atoms with Gasteiger partial charge in [-0.15, -0.1) is 6.58 Å². The van der Waals surface area contributed by atoms with Gasteiger partial charge in [0.25, 0.3) is 5.91 Å². The number of allylic oxidation sites excluding steroid dienone is 1. The number of amides is 2. The van der Waals surface area contributed by atoms with E-state index in [2.05, 4.69) is 24.9 Å². The van der Waals surface area contributed by atoms with Crippen LogP contribution in [0.15, 0.2) is 65.9 Å². The van der Waals surface area contributed by atoms with E-state index in [1.165, 1.54) is 44.9 Å². The smallest absolute Gasteiger partial charge is 0.412 e. The minimum absolute atomic E-state index is 0.0232. The molecule has 3 N–H and O–H groups in total. The highest BCUT2D eigenvalue weighted by atomic mass is 16.7. The topological polar surface area (TPSA) is 158 Å². The minimum Gasteiger partial charge on any atom is -0.459 e. The quantitative estimate of drug-likeness (QED) is 0.0408. The summed E-state index contributed by atoms with van der Waals surface area (Å²) >= 11 is 0. The number of benzene rings is 2. The van der Waals surface area contributed by atoms with Crippen LogP contribution < -0.4 is 24.3 Å². The monoisotopic (exact) mass is 916 g/mol. The van der Waals surface area contributed by atoms with Crippen LogP contribution in [-0.2, 0) is 9.57 Å². The second-order valence-electron chi connectivity index (χ2n) is 18.3. The van der Waals surface area contributed by atoms with E-state index in [9.17, 15) is 15.0 Å². The Hall–Kier alpha value is -4.59. The lowest BCUT2D eigenvalue weighted by molar-refractivity contribution is -0.254. The lowest BCUT2D eigenvalue weighted by Crippen LogP contribution is -2.70. The van der Waals surface area contributed by atoms with Crippen LogP contribution in [0.4, 0.5) is 4.79 Å². The standard InChI is InChI=1S/C53H77N3O10/c1-5-9-10-11-12-13-14-15-16-19-28-54-52(60)65-40-25-27-45-43(35-40)49-41(23-18-21-31-58)38(22-17-20-30-57)33-42-44(55-64-8-4)36-48(53(66-45,50(42)49)63-32-7-3)56(29-6-2)51(59)39-24-26-46-47(34-39)62-37-61-46/h7,24-27,33-35,38,41,48-50,57-58H,3,5-6,8-23,28-32,36-37H2,1-2,4H3,(H,54,60). The molecule has 0 spiro atoms. The number of hydrogen-bond donors (Lipinski definition) is 3. The third-order valence-electron chi connectivity index (χ3n) is 13.7. The molecule has 364 valence electrons. The van der Waals surface area contributed by atoms with Crippen LogP contribution in [0.3, 0.4) is 0 Å². The van der Waals surface area contributed by atoms with Gasteiger partial charge in [-0.3, -0.25) is 4.79 Å². The maximum Gasteiger partial charge on any atom is 0.412 e. The van der Waals surface area contributed by atoms with Crippen LogP contribution in [0.25, 0.3) is 0 Å².